The third kappa shape index (κ3) is 5.90. The minimum Gasteiger partial charge on any atom is -0.455 e. The summed E-state index contributed by atoms with van der Waals surface area (Å²) in [5.41, 5.74) is 14.2. The lowest BCUT2D eigenvalue weighted by atomic mass is 10.0. The Morgan fingerprint density at radius 1 is 0.383 bits per heavy atom. The van der Waals surface area contributed by atoms with Crippen LogP contribution in [0.1, 0.15) is 0 Å². The topological polar surface area (TPSA) is 29.3 Å². The fraction of sp³-hybridized carbons (Fsp3) is 0. The summed E-state index contributed by atoms with van der Waals surface area (Å²) in [4.78, 5) is 7.52. The molecule has 0 aliphatic rings. The van der Waals surface area contributed by atoms with Crippen LogP contribution in [0.2, 0.25) is 0 Å². The second-order valence-corrected chi connectivity index (χ2v) is 17.2. The quantitative estimate of drug-likeness (QED) is 0.161. The molecule has 9 aromatic carbocycles. The second kappa shape index (κ2) is 14.2. The highest BCUT2D eigenvalue weighted by atomic mass is 32.1. The number of aromatic nitrogens is 1. The minimum absolute atomic E-state index is 0.905. The third-order valence-corrected chi connectivity index (χ3v) is 13.7. The first kappa shape index (κ1) is 34.7. The summed E-state index contributed by atoms with van der Waals surface area (Å²) in [6.07, 6.45) is 0. The number of hydrogen-bond donors (Lipinski definition) is 0. The van der Waals surface area contributed by atoms with E-state index in [0.29, 0.717) is 0 Å². The van der Waals surface area contributed by atoms with Crippen molar-refractivity contribution in [2.24, 2.45) is 0 Å². The summed E-state index contributed by atoms with van der Waals surface area (Å²) >= 11 is 3.61. The lowest BCUT2D eigenvalue weighted by Crippen LogP contribution is -2.10. The van der Waals surface area contributed by atoms with Crippen LogP contribution in [-0.4, -0.2) is 4.98 Å². The summed E-state index contributed by atoms with van der Waals surface area (Å²) in [6, 6.07) is 73.8. The van der Waals surface area contributed by atoms with Gasteiger partial charge < -0.3 is 9.32 Å². The molecule has 0 bridgehead atoms. The van der Waals surface area contributed by atoms with Gasteiger partial charge in [0.1, 0.15) is 16.2 Å². The van der Waals surface area contributed by atoms with E-state index in [4.69, 9.17) is 9.40 Å². The van der Waals surface area contributed by atoms with Crippen molar-refractivity contribution in [2.45, 2.75) is 0 Å². The molecule has 0 spiro atoms. The number of para-hydroxylation sites is 2. The van der Waals surface area contributed by atoms with Gasteiger partial charge in [-0.2, -0.15) is 0 Å². The smallest absolute Gasteiger partial charge is 0.143 e. The molecule has 0 radical (unpaired) electrons. The molecule has 12 aromatic rings. The Morgan fingerprint density at radius 2 is 1.00 bits per heavy atom. The number of fused-ring (bicyclic) bond motifs is 8. The molecule has 0 unspecified atom stereocenters. The molecule has 0 fully saturated rings. The van der Waals surface area contributed by atoms with Gasteiger partial charge in [0.15, 0.2) is 0 Å². The third-order valence-electron chi connectivity index (χ3n) is 11.5. The van der Waals surface area contributed by atoms with E-state index < -0.39 is 0 Å². The zero-order valence-corrected chi connectivity index (χ0v) is 33.9. The van der Waals surface area contributed by atoms with Gasteiger partial charge in [0.25, 0.3) is 0 Å². The number of hydrogen-bond acceptors (Lipinski definition) is 5. The predicted octanol–water partition coefficient (Wildman–Crippen LogP) is 16.7. The molecule has 0 amide bonds. The van der Waals surface area contributed by atoms with Crippen molar-refractivity contribution in [3.05, 3.63) is 206 Å². The predicted molar refractivity (Wildman–Crippen MR) is 256 cm³/mol. The maximum atomic E-state index is 6.42. The highest BCUT2D eigenvalue weighted by Gasteiger charge is 2.18. The van der Waals surface area contributed by atoms with Gasteiger partial charge in [-0.15, -0.1) is 22.7 Å². The van der Waals surface area contributed by atoms with Crippen molar-refractivity contribution in [2.75, 3.05) is 4.90 Å². The fourth-order valence-corrected chi connectivity index (χ4v) is 10.7. The van der Waals surface area contributed by atoms with Gasteiger partial charge in [0.2, 0.25) is 0 Å². The van der Waals surface area contributed by atoms with E-state index in [1.165, 1.54) is 47.1 Å². The molecule has 12 rings (SSSR count). The molecule has 0 saturated heterocycles. The van der Waals surface area contributed by atoms with Crippen molar-refractivity contribution in [3.63, 3.8) is 0 Å². The first-order valence-electron chi connectivity index (χ1n) is 20.1. The molecular weight excluding hydrogens is 769 g/mol. The average molecular weight is 803 g/mol. The van der Waals surface area contributed by atoms with Crippen LogP contribution in [0.5, 0.6) is 0 Å². The van der Waals surface area contributed by atoms with Crippen LogP contribution in [0, 0.1) is 0 Å². The Balaban J connectivity index is 0.919. The number of anilines is 3. The molecule has 0 N–H and O–H groups in total. The Bertz CT molecular complexity index is 3530. The molecule has 0 saturated carbocycles. The van der Waals surface area contributed by atoms with E-state index in [0.717, 1.165) is 66.2 Å². The van der Waals surface area contributed by atoms with Gasteiger partial charge >= 0.3 is 0 Å². The summed E-state index contributed by atoms with van der Waals surface area (Å²) in [6.45, 7) is 0. The molecule has 0 aliphatic carbocycles. The number of furan rings is 1. The molecule has 0 atom stereocenters. The highest BCUT2D eigenvalue weighted by Crippen LogP contribution is 2.44. The van der Waals surface area contributed by atoms with Crippen LogP contribution >= 0.6 is 22.7 Å². The van der Waals surface area contributed by atoms with Gasteiger partial charge in [0.05, 0.1) is 10.2 Å². The maximum absolute atomic E-state index is 6.42. The van der Waals surface area contributed by atoms with Gasteiger partial charge in [-0.05, 0) is 88.5 Å². The van der Waals surface area contributed by atoms with Crippen molar-refractivity contribution < 1.29 is 4.42 Å². The van der Waals surface area contributed by atoms with E-state index >= 15 is 0 Å². The molecule has 3 aromatic heterocycles. The van der Waals surface area contributed by atoms with E-state index in [1.54, 1.807) is 11.3 Å². The SMILES string of the molecule is c1ccc(-c2cccc(N(c3ccc(-c4ccc5c(c4)sc4ccc6sc(-c7ccccc7)nc6c45)cc3)c3ccc(-c4cccc5c4oc4ccccc45)cc3)c2)cc1. The van der Waals surface area contributed by atoms with Crippen molar-refractivity contribution in [3.8, 4) is 44.0 Å². The molecule has 282 valence electrons. The zero-order valence-electron chi connectivity index (χ0n) is 32.2. The highest BCUT2D eigenvalue weighted by molar-refractivity contribution is 7.26. The minimum atomic E-state index is 0.905. The Kier molecular flexibility index (Phi) is 8.22. The summed E-state index contributed by atoms with van der Waals surface area (Å²) in [5.74, 6) is 0. The van der Waals surface area contributed by atoms with E-state index in [-0.39, 0.29) is 0 Å². The molecule has 0 aliphatic heterocycles. The summed E-state index contributed by atoms with van der Waals surface area (Å²) < 4.78 is 10.2. The van der Waals surface area contributed by atoms with E-state index in [1.807, 2.05) is 23.5 Å². The van der Waals surface area contributed by atoms with Gasteiger partial charge in [0, 0.05) is 59.1 Å². The molecule has 3 nitrogen and oxygen atoms in total. The molecule has 60 heavy (non-hydrogen) atoms. The second-order valence-electron chi connectivity index (χ2n) is 15.1. The van der Waals surface area contributed by atoms with Crippen molar-refractivity contribution in [1.29, 1.82) is 0 Å². The number of benzene rings is 9. The average Bonchev–Trinajstić information content (AvgIpc) is 4.04. The summed E-state index contributed by atoms with van der Waals surface area (Å²) in [5, 5.41) is 5.84. The first-order chi connectivity index (χ1) is 29.7. The fourth-order valence-electron chi connectivity index (χ4n) is 8.61. The van der Waals surface area contributed by atoms with Crippen LogP contribution in [0.25, 0.3) is 96.3 Å². The van der Waals surface area contributed by atoms with Crippen LogP contribution in [0.4, 0.5) is 17.1 Å². The zero-order chi connectivity index (χ0) is 39.6. The standard InChI is InChI=1S/C55H34N2OS2/c1-3-11-35(12-4-1)39-15-9-16-43(33-39)57(42-28-23-37(24-29-42)44-18-10-19-46-45-17-7-8-20-48(45)58-54(44)46)41-26-21-36(22-27-41)40-25-30-47-51(34-40)59-49-31-32-50-53(52(47)49)56-55(60-50)38-13-5-2-6-14-38/h1-34H. The maximum Gasteiger partial charge on any atom is 0.143 e. The van der Waals surface area contributed by atoms with E-state index in [9.17, 15) is 0 Å². The van der Waals surface area contributed by atoms with Crippen LogP contribution in [-0.2, 0) is 0 Å². The normalized spacial score (nSPS) is 11.7. The van der Waals surface area contributed by atoms with E-state index in [2.05, 4.69) is 199 Å². The van der Waals surface area contributed by atoms with Gasteiger partial charge in [-0.3, -0.25) is 0 Å². The van der Waals surface area contributed by atoms with Crippen LogP contribution < -0.4 is 4.90 Å². The van der Waals surface area contributed by atoms with Crippen LogP contribution in [0.3, 0.4) is 0 Å². The number of nitrogens with zero attached hydrogens (tertiary/aromatic N) is 2. The Labute approximate surface area is 354 Å². The number of thiazole rings is 1. The molecule has 3 heterocycles. The number of rotatable bonds is 7. The van der Waals surface area contributed by atoms with Crippen LogP contribution in [0.15, 0.2) is 211 Å². The lowest BCUT2D eigenvalue weighted by Gasteiger charge is -2.26. The van der Waals surface area contributed by atoms with Gasteiger partial charge in [-0.25, -0.2) is 4.98 Å². The summed E-state index contributed by atoms with van der Waals surface area (Å²) in [7, 11) is 0. The van der Waals surface area contributed by atoms with Crippen molar-refractivity contribution in [1.82, 2.24) is 4.98 Å². The number of thiophene rings is 1. The Morgan fingerprint density at radius 3 is 1.80 bits per heavy atom. The van der Waals surface area contributed by atoms with Gasteiger partial charge in [-0.1, -0.05) is 146 Å². The Hall–Kier alpha value is -7.31. The lowest BCUT2D eigenvalue weighted by molar-refractivity contribution is 0.670. The largest absolute Gasteiger partial charge is 0.455 e. The molecule has 5 heteroatoms. The molecular formula is C55H34N2OS2. The first-order valence-corrected chi connectivity index (χ1v) is 21.7. The monoisotopic (exact) mass is 802 g/mol. The van der Waals surface area contributed by atoms with Crippen molar-refractivity contribution >= 4 is 92.1 Å².